The van der Waals surface area contributed by atoms with Gasteiger partial charge in [-0.3, -0.25) is 14.7 Å². The molecule has 8 nitrogen and oxygen atoms in total. The van der Waals surface area contributed by atoms with Crippen molar-refractivity contribution < 1.29 is 4.74 Å². The summed E-state index contributed by atoms with van der Waals surface area (Å²) in [4.78, 5) is 16.6. The van der Waals surface area contributed by atoms with Crippen molar-refractivity contribution in [3.63, 3.8) is 0 Å². The summed E-state index contributed by atoms with van der Waals surface area (Å²) in [5.74, 6) is 0.773. The Labute approximate surface area is 161 Å². The van der Waals surface area contributed by atoms with E-state index in [9.17, 15) is 0 Å². The number of aromatic nitrogens is 5. The molecule has 8 heteroatoms. The summed E-state index contributed by atoms with van der Waals surface area (Å²) in [6.45, 7) is 5.83. The van der Waals surface area contributed by atoms with E-state index in [2.05, 4.69) is 43.1 Å². The third-order valence-electron chi connectivity index (χ3n) is 5.12. The fourth-order valence-electron chi connectivity index (χ4n) is 3.75. The molecule has 1 atom stereocenters. The monoisotopic (exact) mass is 375 g/mol. The van der Waals surface area contributed by atoms with Crippen LogP contribution in [-0.4, -0.2) is 50.6 Å². The fourth-order valence-corrected chi connectivity index (χ4v) is 3.75. The molecule has 0 saturated carbocycles. The first-order valence-electron chi connectivity index (χ1n) is 9.31. The van der Waals surface area contributed by atoms with E-state index in [-0.39, 0.29) is 6.10 Å². The lowest BCUT2D eigenvalue weighted by Gasteiger charge is -2.16. The molecule has 0 aromatic carbocycles. The van der Waals surface area contributed by atoms with Crippen LogP contribution < -0.4 is 10.1 Å². The van der Waals surface area contributed by atoms with Crippen molar-refractivity contribution in [2.24, 2.45) is 12.0 Å². The molecule has 4 aromatic heterocycles. The minimum Gasteiger partial charge on any atom is -0.486 e. The Morgan fingerprint density at radius 3 is 2.96 bits per heavy atom. The molecule has 4 aromatic rings. The largest absolute Gasteiger partial charge is 0.486 e. The zero-order valence-corrected chi connectivity index (χ0v) is 15.6. The van der Waals surface area contributed by atoms with Crippen molar-refractivity contribution in [1.29, 1.82) is 0 Å². The number of aromatic amines is 1. The SMILES string of the molecule is C=NCc1ncc2[nH]c3ncc(-c4cnn(C)c4)cc3c2c1O[C@@H]1CCNC1. The van der Waals surface area contributed by atoms with Crippen molar-refractivity contribution in [3.8, 4) is 16.9 Å². The lowest BCUT2D eigenvalue weighted by Crippen LogP contribution is -2.20. The van der Waals surface area contributed by atoms with E-state index in [1.165, 1.54) is 0 Å². The summed E-state index contributed by atoms with van der Waals surface area (Å²) in [6.07, 6.45) is 8.59. The van der Waals surface area contributed by atoms with Gasteiger partial charge in [-0.05, 0) is 25.7 Å². The molecule has 5 rings (SSSR count). The molecule has 0 spiro atoms. The maximum atomic E-state index is 6.41. The number of fused-ring (bicyclic) bond motifs is 3. The number of ether oxygens (including phenoxy) is 1. The van der Waals surface area contributed by atoms with E-state index in [0.29, 0.717) is 6.54 Å². The fraction of sp³-hybridized carbons (Fsp3) is 0.300. The van der Waals surface area contributed by atoms with E-state index >= 15 is 0 Å². The smallest absolute Gasteiger partial charge is 0.153 e. The number of H-pyrrole nitrogens is 1. The first-order valence-corrected chi connectivity index (χ1v) is 9.31. The van der Waals surface area contributed by atoms with Gasteiger partial charge in [-0.15, -0.1) is 0 Å². The molecule has 0 aliphatic carbocycles. The predicted octanol–water partition coefficient (Wildman–Crippen LogP) is 2.45. The Morgan fingerprint density at radius 2 is 2.21 bits per heavy atom. The Balaban J connectivity index is 1.72. The van der Waals surface area contributed by atoms with E-state index in [0.717, 1.165) is 64.0 Å². The highest BCUT2D eigenvalue weighted by Gasteiger charge is 2.22. The third kappa shape index (κ3) is 2.82. The number of aryl methyl sites for hydroxylation is 1. The molecule has 142 valence electrons. The van der Waals surface area contributed by atoms with Crippen molar-refractivity contribution in [2.75, 3.05) is 13.1 Å². The average Bonchev–Trinajstić information content (AvgIpc) is 3.43. The molecule has 28 heavy (non-hydrogen) atoms. The molecule has 5 heterocycles. The molecule has 0 amide bonds. The van der Waals surface area contributed by atoms with E-state index in [1.54, 1.807) is 4.68 Å². The van der Waals surface area contributed by atoms with Crippen LogP contribution in [0, 0.1) is 0 Å². The summed E-state index contributed by atoms with van der Waals surface area (Å²) < 4.78 is 8.20. The Bertz CT molecular complexity index is 1170. The van der Waals surface area contributed by atoms with Gasteiger partial charge >= 0.3 is 0 Å². The Hall–Kier alpha value is -3.26. The van der Waals surface area contributed by atoms with Crippen LogP contribution in [0.15, 0.2) is 35.8 Å². The zero-order chi connectivity index (χ0) is 19.1. The van der Waals surface area contributed by atoms with Gasteiger partial charge in [0, 0.05) is 42.5 Å². The molecule has 0 bridgehead atoms. The highest BCUT2D eigenvalue weighted by molar-refractivity contribution is 6.10. The highest BCUT2D eigenvalue weighted by Crippen LogP contribution is 2.37. The number of hydrogen-bond acceptors (Lipinski definition) is 6. The second kappa shape index (κ2) is 6.72. The summed E-state index contributed by atoms with van der Waals surface area (Å²) in [5.41, 5.74) is 4.54. The number of nitrogens with one attached hydrogen (secondary N) is 2. The number of rotatable bonds is 5. The van der Waals surface area contributed by atoms with E-state index < -0.39 is 0 Å². The molecular weight excluding hydrogens is 354 g/mol. The number of nitrogens with zero attached hydrogens (tertiary/aromatic N) is 5. The van der Waals surface area contributed by atoms with Crippen molar-refractivity contribution in [2.45, 2.75) is 19.1 Å². The van der Waals surface area contributed by atoms with Crippen molar-refractivity contribution in [1.82, 2.24) is 30.0 Å². The summed E-state index contributed by atoms with van der Waals surface area (Å²) in [6, 6.07) is 2.13. The van der Waals surface area contributed by atoms with Gasteiger partial charge in [-0.2, -0.15) is 5.10 Å². The van der Waals surface area contributed by atoms with Gasteiger partial charge in [-0.25, -0.2) is 4.98 Å². The topological polar surface area (TPSA) is 93.0 Å². The minimum absolute atomic E-state index is 0.121. The van der Waals surface area contributed by atoms with Crippen molar-refractivity contribution >= 4 is 28.7 Å². The number of aliphatic imine (C=N–C) groups is 1. The maximum absolute atomic E-state index is 6.41. The quantitative estimate of drug-likeness (QED) is 0.523. The zero-order valence-electron chi connectivity index (χ0n) is 15.6. The Morgan fingerprint density at radius 1 is 1.29 bits per heavy atom. The molecule has 2 N–H and O–H groups in total. The van der Waals surface area contributed by atoms with Crippen LogP contribution in [0.4, 0.5) is 0 Å². The lowest BCUT2D eigenvalue weighted by molar-refractivity contribution is 0.223. The summed E-state index contributed by atoms with van der Waals surface area (Å²) in [7, 11) is 1.91. The molecule has 1 fully saturated rings. The van der Waals surface area contributed by atoms with Crippen LogP contribution in [0.5, 0.6) is 5.75 Å². The standard InChI is InChI=1S/C20H21N7O/c1-21-9-17-19(28-14-3-4-22-8-14)18-15-5-12(13-7-25-27(2)11-13)6-24-20(15)26-16(18)10-23-17/h5-7,10-11,14,22H,1,3-4,8-9H2,2H3,(H,24,26)/t14-/m1/s1. The van der Waals surface area contributed by atoms with Gasteiger partial charge < -0.3 is 15.0 Å². The van der Waals surface area contributed by atoms with Crippen LogP contribution in [0.2, 0.25) is 0 Å². The molecule has 1 aliphatic rings. The van der Waals surface area contributed by atoms with Crippen molar-refractivity contribution in [3.05, 3.63) is 36.5 Å². The molecular formula is C20H21N7O. The highest BCUT2D eigenvalue weighted by atomic mass is 16.5. The van der Waals surface area contributed by atoms with Crippen LogP contribution >= 0.6 is 0 Å². The van der Waals surface area contributed by atoms with E-state index in [1.807, 2.05) is 31.8 Å². The molecule has 0 radical (unpaired) electrons. The number of pyridine rings is 2. The van der Waals surface area contributed by atoms with E-state index in [4.69, 9.17) is 4.74 Å². The predicted molar refractivity (Wildman–Crippen MR) is 109 cm³/mol. The summed E-state index contributed by atoms with van der Waals surface area (Å²) in [5, 5.41) is 9.61. The normalized spacial score (nSPS) is 16.8. The maximum Gasteiger partial charge on any atom is 0.153 e. The van der Waals surface area contributed by atoms with Crippen LogP contribution in [0.3, 0.4) is 0 Å². The summed E-state index contributed by atoms with van der Waals surface area (Å²) >= 11 is 0. The van der Waals surface area contributed by atoms with Crippen LogP contribution in [-0.2, 0) is 13.6 Å². The molecule has 0 unspecified atom stereocenters. The first kappa shape index (κ1) is 16.9. The second-order valence-corrected chi connectivity index (χ2v) is 7.08. The second-order valence-electron chi connectivity index (χ2n) is 7.08. The van der Waals surface area contributed by atoms with Crippen LogP contribution in [0.1, 0.15) is 12.1 Å². The van der Waals surface area contributed by atoms with Gasteiger partial charge in [0.05, 0.1) is 29.8 Å². The first-order chi connectivity index (χ1) is 13.7. The Kier molecular flexibility index (Phi) is 4.05. The average molecular weight is 375 g/mol. The van der Waals surface area contributed by atoms with Gasteiger partial charge in [0.15, 0.2) is 5.75 Å². The van der Waals surface area contributed by atoms with Gasteiger partial charge in [0.1, 0.15) is 17.4 Å². The number of hydrogen-bond donors (Lipinski definition) is 2. The lowest BCUT2D eigenvalue weighted by atomic mass is 10.1. The van der Waals surface area contributed by atoms with Gasteiger partial charge in [0.25, 0.3) is 0 Å². The minimum atomic E-state index is 0.121. The van der Waals surface area contributed by atoms with Gasteiger partial charge in [-0.1, -0.05) is 0 Å². The van der Waals surface area contributed by atoms with Crippen LogP contribution in [0.25, 0.3) is 33.1 Å². The third-order valence-corrected chi connectivity index (χ3v) is 5.12. The van der Waals surface area contributed by atoms with Gasteiger partial charge in [0.2, 0.25) is 0 Å². The molecule has 1 saturated heterocycles. The molecule has 1 aliphatic heterocycles.